The molecule has 1 aliphatic heterocycles. The van der Waals surface area contributed by atoms with Gasteiger partial charge in [-0.2, -0.15) is 0 Å². The van der Waals surface area contributed by atoms with Crippen LogP contribution in [-0.2, 0) is 11.4 Å². The first-order valence-electron chi connectivity index (χ1n) is 4.77. The van der Waals surface area contributed by atoms with E-state index >= 15 is 0 Å². The molecule has 0 N–H and O–H groups in total. The van der Waals surface area contributed by atoms with E-state index in [2.05, 4.69) is 47.1 Å². The Morgan fingerprint density at radius 3 is 2.67 bits per heavy atom. The number of aryl methyl sites for hydroxylation is 1. The number of allylic oxidation sites excluding steroid dienone is 2. The van der Waals surface area contributed by atoms with Gasteiger partial charge in [-0.25, -0.2) is 5.06 Å². The minimum atomic E-state index is 0.750. The predicted octanol–water partition coefficient (Wildman–Crippen LogP) is 3.49. The Balaban J connectivity index is 2.03. The number of hydroxylamine groups is 2. The molecule has 0 aromatic heterocycles. The van der Waals surface area contributed by atoms with Crippen LogP contribution in [0.4, 0.5) is 0 Å². The van der Waals surface area contributed by atoms with Gasteiger partial charge in [0.25, 0.3) is 0 Å². The van der Waals surface area contributed by atoms with Crippen LogP contribution < -0.4 is 0 Å². The van der Waals surface area contributed by atoms with Gasteiger partial charge < -0.3 is 4.84 Å². The first-order valence-corrected chi connectivity index (χ1v) is 5.56. The molecule has 0 amide bonds. The summed E-state index contributed by atoms with van der Waals surface area (Å²) >= 11 is 3.41. The van der Waals surface area contributed by atoms with Crippen molar-refractivity contribution in [1.82, 2.24) is 5.06 Å². The maximum atomic E-state index is 5.33. The summed E-state index contributed by atoms with van der Waals surface area (Å²) in [4.78, 5) is 5.33. The van der Waals surface area contributed by atoms with E-state index in [0.717, 1.165) is 11.0 Å². The van der Waals surface area contributed by atoms with Crippen LogP contribution in [0.15, 0.2) is 47.3 Å². The summed E-state index contributed by atoms with van der Waals surface area (Å²) in [5.74, 6) is 0. The first-order chi connectivity index (χ1) is 7.24. The minimum Gasteiger partial charge on any atom is -0.388 e. The van der Waals surface area contributed by atoms with E-state index in [9.17, 15) is 0 Å². The monoisotopic (exact) mass is 265 g/mol. The summed E-state index contributed by atoms with van der Waals surface area (Å²) in [5, 5.41) is 1.79. The van der Waals surface area contributed by atoms with Crippen LogP contribution >= 0.6 is 15.9 Å². The van der Waals surface area contributed by atoms with Crippen LogP contribution in [0.1, 0.15) is 11.1 Å². The zero-order valence-electron chi connectivity index (χ0n) is 8.48. The molecule has 1 aromatic rings. The molecule has 0 bridgehead atoms. The Bertz CT molecular complexity index is 395. The lowest BCUT2D eigenvalue weighted by Gasteiger charge is -2.21. The maximum absolute atomic E-state index is 5.33. The lowest BCUT2D eigenvalue weighted by molar-refractivity contribution is -0.0676. The molecule has 0 unspecified atom stereocenters. The highest BCUT2D eigenvalue weighted by Crippen LogP contribution is 2.16. The van der Waals surface area contributed by atoms with Gasteiger partial charge in [-0.3, -0.25) is 0 Å². The summed E-state index contributed by atoms with van der Waals surface area (Å²) in [6.45, 7) is 2.83. The smallest absolute Gasteiger partial charge is 0.120 e. The largest absolute Gasteiger partial charge is 0.388 e. The molecular weight excluding hydrogens is 254 g/mol. The van der Waals surface area contributed by atoms with Gasteiger partial charge in [0.2, 0.25) is 0 Å². The van der Waals surface area contributed by atoms with E-state index in [1.807, 2.05) is 12.3 Å². The van der Waals surface area contributed by atoms with E-state index in [-0.39, 0.29) is 0 Å². The number of nitrogens with zero attached hydrogens (tertiary/aromatic N) is 1. The van der Waals surface area contributed by atoms with Crippen LogP contribution in [0.2, 0.25) is 0 Å². The van der Waals surface area contributed by atoms with Gasteiger partial charge in [-0.05, 0) is 34.5 Å². The molecule has 15 heavy (non-hydrogen) atoms. The number of hydrogen-bond acceptors (Lipinski definition) is 2. The highest BCUT2D eigenvalue weighted by atomic mass is 79.9. The Morgan fingerprint density at radius 1 is 1.27 bits per heavy atom. The van der Waals surface area contributed by atoms with Gasteiger partial charge in [0.05, 0.1) is 12.7 Å². The van der Waals surface area contributed by atoms with Crippen LogP contribution in [0.5, 0.6) is 0 Å². The van der Waals surface area contributed by atoms with Crippen LogP contribution in [0.3, 0.4) is 0 Å². The normalized spacial score (nSPS) is 14.8. The molecule has 0 aliphatic carbocycles. The second-order valence-corrected chi connectivity index (χ2v) is 4.40. The second-order valence-electron chi connectivity index (χ2n) is 3.48. The standard InChI is InChI=1S/C12H12BrNO/c1-10-2-4-11(5-3-10)8-14-9-12(13)6-7-15-14/h2-7,9H,8H2,1H3. The van der Waals surface area contributed by atoms with Crippen molar-refractivity contribution in [2.45, 2.75) is 13.5 Å². The van der Waals surface area contributed by atoms with Gasteiger partial charge in [0, 0.05) is 4.48 Å². The molecule has 78 valence electrons. The number of hydrogen-bond donors (Lipinski definition) is 0. The zero-order chi connectivity index (χ0) is 10.7. The summed E-state index contributed by atoms with van der Waals surface area (Å²) < 4.78 is 1.01. The minimum absolute atomic E-state index is 0.750. The highest BCUT2D eigenvalue weighted by Gasteiger charge is 2.05. The van der Waals surface area contributed by atoms with Crippen molar-refractivity contribution in [3.8, 4) is 0 Å². The van der Waals surface area contributed by atoms with Crippen LogP contribution in [0, 0.1) is 6.92 Å². The molecule has 1 aliphatic rings. The summed E-state index contributed by atoms with van der Waals surface area (Å²) in [5.41, 5.74) is 2.50. The fourth-order valence-electron chi connectivity index (χ4n) is 1.34. The zero-order valence-corrected chi connectivity index (χ0v) is 10.1. The van der Waals surface area contributed by atoms with E-state index in [1.54, 1.807) is 11.3 Å². The topological polar surface area (TPSA) is 12.5 Å². The van der Waals surface area contributed by atoms with Crippen LogP contribution in [-0.4, -0.2) is 5.06 Å². The molecule has 2 nitrogen and oxygen atoms in total. The lowest BCUT2D eigenvalue weighted by Crippen LogP contribution is -2.16. The number of rotatable bonds is 2. The van der Waals surface area contributed by atoms with E-state index in [1.165, 1.54) is 11.1 Å². The molecule has 0 saturated heterocycles. The summed E-state index contributed by atoms with van der Waals surface area (Å²) in [7, 11) is 0. The fourth-order valence-corrected chi connectivity index (χ4v) is 1.68. The number of halogens is 1. The summed E-state index contributed by atoms with van der Waals surface area (Å²) in [6, 6.07) is 8.43. The maximum Gasteiger partial charge on any atom is 0.120 e. The first kappa shape index (κ1) is 10.3. The average Bonchev–Trinajstić information content (AvgIpc) is 2.22. The van der Waals surface area contributed by atoms with Gasteiger partial charge in [0.15, 0.2) is 0 Å². The van der Waals surface area contributed by atoms with E-state index in [4.69, 9.17) is 4.84 Å². The average molecular weight is 266 g/mol. The molecule has 0 radical (unpaired) electrons. The third-order valence-corrected chi connectivity index (χ3v) is 2.62. The van der Waals surface area contributed by atoms with Crippen molar-refractivity contribution in [2.24, 2.45) is 0 Å². The van der Waals surface area contributed by atoms with Crippen molar-refractivity contribution >= 4 is 15.9 Å². The molecule has 1 heterocycles. The molecule has 0 saturated carbocycles. The van der Waals surface area contributed by atoms with Gasteiger partial charge in [0.1, 0.15) is 6.26 Å². The Hall–Kier alpha value is -1.22. The van der Waals surface area contributed by atoms with E-state index < -0.39 is 0 Å². The Morgan fingerprint density at radius 2 is 2.00 bits per heavy atom. The van der Waals surface area contributed by atoms with Gasteiger partial charge in [-0.15, -0.1) is 0 Å². The molecule has 1 aromatic carbocycles. The van der Waals surface area contributed by atoms with Crippen LogP contribution in [0.25, 0.3) is 0 Å². The van der Waals surface area contributed by atoms with Crippen molar-refractivity contribution in [1.29, 1.82) is 0 Å². The van der Waals surface area contributed by atoms with Gasteiger partial charge >= 0.3 is 0 Å². The Kier molecular flexibility index (Phi) is 3.11. The molecule has 3 heteroatoms. The molecule has 0 spiro atoms. The van der Waals surface area contributed by atoms with E-state index in [0.29, 0.717) is 0 Å². The third kappa shape index (κ3) is 2.86. The quantitative estimate of drug-likeness (QED) is 0.812. The van der Waals surface area contributed by atoms with Crippen molar-refractivity contribution in [3.63, 3.8) is 0 Å². The summed E-state index contributed by atoms with van der Waals surface area (Å²) in [6.07, 6.45) is 5.45. The lowest BCUT2D eigenvalue weighted by atomic mass is 10.1. The Labute approximate surface area is 97.9 Å². The molecule has 0 atom stereocenters. The SMILES string of the molecule is Cc1ccc(CN2C=C(Br)C=CO2)cc1. The predicted molar refractivity (Wildman–Crippen MR) is 64.0 cm³/mol. The molecule has 0 fully saturated rings. The van der Waals surface area contributed by atoms with Crippen molar-refractivity contribution < 1.29 is 4.84 Å². The highest BCUT2D eigenvalue weighted by molar-refractivity contribution is 9.11. The molecule has 2 rings (SSSR count). The third-order valence-electron chi connectivity index (χ3n) is 2.15. The second kappa shape index (κ2) is 4.53. The molecular formula is C12H12BrNO. The van der Waals surface area contributed by atoms with Crippen molar-refractivity contribution in [2.75, 3.05) is 0 Å². The number of benzene rings is 1. The van der Waals surface area contributed by atoms with Crippen molar-refractivity contribution in [3.05, 3.63) is 58.4 Å². The van der Waals surface area contributed by atoms with Gasteiger partial charge in [-0.1, -0.05) is 29.8 Å². The fraction of sp³-hybridized carbons (Fsp3) is 0.167.